The number of benzene rings is 1. The first kappa shape index (κ1) is 13.1. The van der Waals surface area contributed by atoms with Gasteiger partial charge in [-0.05, 0) is 38.4 Å². The van der Waals surface area contributed by atoms with Crippen LogP contribution in [0.15, 0.2) is 24.3 Å². The first-order chi connectivity index (χ1) is 8.70. The van der Waals surface area contributed by atoms with Crippen molar-refractivity contribution in [2.24, 2.45) is 5.73 Å². The molecule has 0 unspecified atom stereocenters. The smallest absolute Gasteiger partial charge is 0.106 e. The predicted octanol–water partition coefficient (Wildman–Crippen LogP) is 3.32. The monoisotopic (exact) mass is 263 g/mol. The van der Waals surface area contributed by atoms with E-state index in [0.717, 1.165) is 53.6 Å². The Morgan fingerprint density at radius 2 is 2.17 bits per heavy atom. The number of unbranched alkanes of at least 4 members (excludes halogenated alkanes) is 1. The van der Waals surface area contributed by atoms with Gasteiger partial charge in [0.05, 0.1) is 5.69 Å². The van der Waals surface area contributed by atoms with E-state index >= 15 is 0 Å². The Morgan fingerprint density at radius 3 is 2.89 bits per heavy atom. The Labute approximate surface area is 112 Å². The molecule has 0 fully saturated rings. The van der Waals surface area contributed by atoms with E-state index in [1.807, 2.05) is 31.2 Å². The second-order valence-electron chi connectivity index (χ2n) is 4.41. The van der Waals surface area contributed by atoms with Crippen molar-refractivity contribution in [3.05, 3.63) is 40.8 Å². The van der Waals surface area contributed by atoms with Gasteiger partial charge in [-0.25, -0.2) is 4.98 Å². The van der Waals surface area contributed by atoms with Crippen molar-refractivity contribution < 1.29 is 0 Å². The van der Waals surface area contributed by atoms with Gasteiger partial charge in [0, 0.05) is 22.7 Å². The van der Waals surface area contributed by atoms with Gasteiger partial charge in [-0.15, -0.1) is 0 Å². The number of aromatic amines is 1. The molecule has 0 saturated carbocycles. The van der Waals surface area contributed by atoms with Crippen molar-refractivity contribution in [2.75, 3.05) is 6.54 Å². The lowest BCUT2D eigenvalue weighted by Crippen LogP contribution is -1.99. The highest BCUT2D eigenvalue weighted by molar-refractivity contribution is 6.30. The molecule has 1 heterocycles. The molecule has 4 heteroatoms. The van der Waals surface area contributed by atoms with E-state index in [4.69, 9.17) is 17.3 Å². The van der Waals surface area contributed by atoms with E-state index in [-0.39, 0.29) is 0 Å². The van der Waals surface area contributed by atoms with Crippen LogP contribution in [0.2, 0.25) is 5.02 Å². The summed E-state index contributed by atoms with van der Waals surface area (Å²) in [4.78, 5) is 7.96. The Bertz CT molecular complexity index is 520. The molecule has 2 aromatic rings. The lowest BCUT2D eigenvalue weighted by atomic mass is 10.1. The Kier molecular flexibility index (Phi) is 4.39. The highest BCUT2D eigenvalue weighted by atomic mass is 35.5. The summed E-state index contributed by atoms with van der Waals surface area (Å²) in [6.07, 6.45) is 3.04. The minimum absolute atomic E-state index is 0.736. The summed E-state index contributed by atoms with van der Waals surface area (Å²) < 4.78 is 0. The lowest BCUT2D eigenvalue weighted by Gasteiger charge is -1.98. The third kappa shape index (κ3) is 3.12. The molecule has 18 heavy (non-hydrogen) atoms. The zero-order valence-corrected chi connectivity index (χ0v) is 11.3. The van der Waals surface area contributed by atoms with E-state index < -0.39 is 0 Å². The van der Waals surface area contributed by atoms with Crippen LogP contribution in [0.1, 0.15) is 24.4 Å². The Morgan fingerprint density at radius 1 is 1.33 bits per heavy atom. The molecule has 0 radical (unpaired) electrons. The van der Waals surface area contributed by atoms with E-state index in [9.17, 15) is 0 Å². The van der Waals surface area contributed by atoms with Gasteiger partial charge in [-0.2, -0.15) is 0 Å². The molecule has 1 aromatic heterocycles. The number of nitrogens with one attached hydrogen (secondary N) is 1. The number of aromatic nitrogens is 2. The second-order valence-corrected chi connectivity index (χ2v) is 4.85. The van der Waals surface area contributed by atoms with E-state index in [1.54, 1.807) is 0 Å². The van der Waals surface area contributed by atoms with Gasteiger partial charge in [0.15, 0.2) is 0 Å². The maximum Gasteiger partial charge on any atom is 0.106 e. The topological polar surface area (TPSA) is 54.7 Å². The minimum atomic E-state index is 0.736. The lowest BCUT2D eigenvalue weighted by molar-refractivity contribution is 0.722. The molecule has 0 saturated heterocycles. The number of H-pyrrole nitrogens is 1. The van der Waals surface area contributed by atoms with Crippen LogP contribution in [0, 0.1) is 6.92 Å². The number of rotatable bonds is 5. The summed E-state index contributed by atoms with van der Waals surface area (Å²) in [5, 5.41) is 0.736. The van der Waals surface area contributed by atoms with Crippen LogP contribution in [0.25, 0.3) is 11.3 Å². The molecule has 0 amide bonds. The normalized spacial score (nSPS) is 10.8. The fourth-order valence-corrected chi connectivity index (χ4v) is 2.18. The average molecular weight is 264 g/mol. The van der Waals surface area contributed by atoms with Gasteiger partial charge in [0.25, 0.3) is 0 Å². The summed E-state index contributed by atoms with van der Waals surface area (Å²) >= 11 is 6.00. The zero-order valence-electron chi connectivity index (χ0n) is 10.5. The van der Waals surface area contributed by atoms with Crippen LogP contribution in [-0.2, 0) is 6.42 Å². The molecule has 3 nitrogen and oxygen atoms in total. The third-order valence-electron chi connectivity index (χ3n) is 2.90. The summed E-state index contributed by atoms with van der Waals surface area (Å²) in [5.74, 6) is 1.02. The Hall–Kier alpha value is -1.32. The van der Waals surface area contributed by atoms with Crippen molar-refractivity contribution in [3.8, 4) is 11.3 Å². The van der Waals surface area contributed by atoms with Crippen LogP contribution >= 0.6 is 11.6 Å². The molecule has 0 atom stereocenters. The fourth-order valence-electron chi connectivity index (χ4n) is 1.99. The molecule has 96 valence electrons. The van der Waals surface area contributed by atoms with Crippen molar-refractivity contribution in [1.29, 1.82) is 0 Å². The molecule has 0 bridgehead atoms. The van der Waals surface area contributed by atoms with Crippen LogP contribution in [0.5, 0.6) is 0 Å². The predicted molar refractivity (Wildman–Crippen MR) is 75.8 cm³/mol. The van der Waals surface area contributed by atoms with Crippen molar-refractivity contribution in [3.63, 3.8) is 0 Å². The maximum atomic E-state index is 6.00. The summed E-state index contributed by atoms with van der Waals surface area (Å²) in [7, 11) is 0. The summed E-state index contributed by atoms with van der Waals surface area (Å²) in [5.41, 5.74) is 8.62. The van der Waals surface area contributed by atoms with Gasteiger partial charge < -0.3 is 10.7 Å². The maximum absolute atomic E-state index is 6.00. The molecule has 3 N–H and O–H groups in total. The van der Waals surface area contributed by atoms with Crippen LogP contribution in [0.4, 0.5) is 0 Å². The van der Waals surface area contributed by atoms with Gasteiger partial charge in [-0.3, -0.25) is 0 Å². The van der Waals surface area contributed by atoms with E-state index in [2.05, 4.69) is 9.97 Å². The largest absolute Gasteiger partial charge is 0.346 e. The standard InChI is InChI=1S/C14H18ClN3/c1-10-14(11-5-4-6-12(15)9-11)18-13(17-10)7-2-3-8-16/h4-6,9H,2-3,7-8,16H2,1H3,(H,17,18). The summed E-state index contributed by atoms with van der Waals surface area (Å²) in [6, 6.07) is 7.78. The molecule has 0 aliphatic heterocycles. The van der Waals surface area contributed by atoms with Crippen molar-refractivity contribution in [2.45, 2.75) is 26.2 Å². The molecular weight excluding hydrogens is 246 g/mol. The van der Waals surface area contributed by atoms with Gasteiger partial charge in [0.1, 0.15) is 5.82 Å². The number of hydrogen-bond acceptors (Lipinski definition) is 2. The van der Waals surface area contributed by atoms with Gasteiger partial charge in [0.2, 0.25) is 0 Å². The highest BCUT2D eigenvalue weighted by Crippen LogP contribution is 2.24. The van der Waals surface area contributed by atoms with Crippen molar-refractivity contribution in [1.82, 2.24) is 9.97 Å². The zero-order chi connectivity index (χ0) is 13.0. The van der Waals surface area contributed by atoms with E-state index in [0.29, 0.717) is 0 Å². The summed E-state index contributed by atoms with van der Waals surface area (Å²) in [6.45, 7) is 2.77. The number of imidazole rings is 1. The second kappa shape index (κ2) is 6.03. The minimum Gasteiger partial charge on any atom is -0.346 e. The molecule has 2 rings (SSSR count). The number of hydrogen-bond donors (Lipinski definition) is 2. The first-order valence-electron chi connectivity index (χ1n) is 6.22. The van der Waals surface area contributed by atoms with Gasteiger partial charge in [-0.1, -0.05) is 23.7 Å². The van der Waals surface area contributed by atoms with Crippen molar-refractivity contribution >= 4 is 11.6 Å². The molecule has 0 aliphatic carbocycles. The number of aryl methyl sites for hydroxylation is 2. The molecule has 1 aromatic carbocycles. The highest BCUT2D eigenvalue weighted by Gasteiger charge is 2.08. The van der Waals surface area contributed by atoms with E-state index in [1.165, 1.54) is 0 Å². The Balaban J connectivity index is 2.18. The number of halogens is 1. The van der Waals surface area contributed by atoms with Gasteiger partial charge >= 0.3 is 0 Å². The van der Waals surface area contributed by atoms with Crippen LogP contribution in [-0.4, -0.2) is 16.5 Å². The molecular formula is C14H18ClN3. The average Bonchev–Trinajstić information content (AvgIpc) is 2.71. The quantitative estimate of drug-likeness (QED) is 0.813. The van der Waals surface area contributed by atoms with Crippen LogP contribution < -0.4 is 5.73 Å². The molecule has 0 aliphatic rings. The molecule has 0 spiro atoms. The number of nitrogens with two attached hydrogens (primary N) is 1. The third-order valence-corrected chi connectivity index (χ3v) is 3.13. The first-order valence-corrected chi connectivity index (χ1v) is 6.60. The SMILES string of the molecule is Cc1[nH]c(CCCCN)nc1-c1cccc(Cl)c1. The fraction of sp³-hybridized carbons (Fsp3) is 0.357. The van der Waals surface area contributed by atoms with Crippen LogP contribution in [0.3, 0.4) is 0 Å². The number of nitrogens with zero attached hydrogens (tertiary/aromatic N) is 1.